The van der Waals surface area contributed by atoms with E-state index in [0.29, 0.717) is 0 Å². The molecule has 0 aromatic heterocycles. The number of hydrogen-bond acceptors (Lipinski definition) is 1. The highest BCUT2D eigenvalue weighted by molar-refractivity contribution is 9.10. The number of carbonyl (C=O) groups is 1. The molecule has 0 spiro atoms. The molecule has 3 heteroatoms. The average molecular weight is 342 g/mol. The van der Waals surface area contributed by atoms with Gasteiger partial charge in [0.25, 0.3) is 0 Å². The Morgan fingerprint density at radius 1 is 1.05 bits per heavy atom. The van der Waals surface area contributed by atoms with Crippen LogP contribution in [0.5, 0.6) is 0 Å². The molecular formula is C18H16BrNO. The predicted molar refractivity (Wildman–Crippen MR) is 87.5 cm³/mol. The third kappa shape index (κ3) is 2.20. The van der Waals surface area contributed by atoms with Gasteiger partial charge in [0, 0.05) is 22.6 Å². The Morgan fingerprint density at radius 3 is 2.76 bits per heavy atom. The maximum Gasteiger partial charge on any atom is 0.230 e. The number of benzene rings is 2. The summed E-state index contributed by atoms with van der Waals surface area (Å²) in [5.74, 6) is 0.382. The van der Waals surface area contributed by atoms with Gasteiger partial charge in [-0.25, -0.2) is 0 Å². The number of anilines is 1. The lowest BCUT2D eigenvalue weighted by molar-refractivity contribution is -0.122. The molecule has 1 aliphatic heterocycles. The van der Waals surface area contributed by atoms with Gasteiger partial charge in [-0.15, -0.1) is 0 Å². The summed E-state index contributed by atoms with van der Waals surface area (Å²) in [6.07, 6.45) is 2.72. The molecule has 0 bridgehead atoms. The minimum atomic E-state index is 0.0976. The topological polar surface area (TPSA) is 20.3 Å². The van der Waals surface area contributed by atoms with E-state index in [4.69, 9.17) is 0 Å². The third-order valence-electron chi connectivity index (χ3n) is 4.60. The smallest absolute Gasteiger partial charge is 0.230 e. The first-order chi connectivity index (χ1) is 10.2. The SMILES string of the molecule is O=C(C1Cc2ccc(Br)cc2C1)N1CCc2ccccc21. The van der Waals surface area contributed by atoms with Crippen molar-refractivity contribution < 1.29 is 4.79 Å². The van der Waals surface area contributed by atoms with Gasteiger partial charge in [0.1, 0.15) is 0 Å². The van der Waals surface area contributed by atoms with Crippen molar-refractivity contribution in [2.75, 3.05) is 11.4 Å². The number of hydrogen-bond donors (Lipinski definition) is 0. The first-order valence-electron chi connectivity index (χ1n) is 7.39. The maximum absolute atomic E-state index is 12.9. The zero-order valence-electron chi connectivity index (χ0n) is 11.7. The first-order valence-corrected chi connectivity index (χ1v) is 8.18. The van der Waals surface area contributed by atoms with Crippen molar-refractivity contribution in [3.8, 4) is 0 Å². The molecule has 0 N–H and O–H groups in total. The summed E-state index contributed by atoms with van der Waals surface area (Å²) in [5, 5.41) is 0. The molecule has 1 atom stereocenters. The summed E-state index contributed by atoms with van der Waals surface area (Å²) in [6, 6.07) is 14.6. The van der Waals surface area contributed by atoms with Crippen LogP contribution in [0.1, 0.15) is 16.7 Å². The van der Waals surface area contributed by atoms with Gasteiger partial charge < -0.3 is 4.90 Å². The van der Waals surface area contributed by atoms with E-state index < -0.39 is 0 Å². The second-order valence-electron chi connectivity index (χ2n) is 5.89. The van der Waals surface area contributed by atoms with Crippen LogP contribution in [0.4, 0.5) is 5.69 Å². The second-order valence-corrected chi connectivity index (χ2v) is 6.80. The van der Waals surface area contributed by atoms with Crippen LogP contribution < -0.4 is 4.90 Å². The van der Waals surface area contributed by atoms with Crippen molar-refractivity contribution >= 4 is 27.5 Å². The van der Waals surface area contributed by atoms with Gasteiger partial charge in [-0.3, -0.25) is 4.79 Å². The molecule has 1 aliphatic carbocycles. The van der Waals surface area contributed by atoms with Crippen molar-refractivity contribution in [1.29, 1.82) is 0 Å². The van der Waals surface area contributed by atoms with Crippen LogP contribution in [0.15, 0.2) is 46.9 Å². The summed E-state index contributed by atoms with van der Waals surface area (Å²) in [7, 11) is 0. The van der Waals surface area contributed by atoms with Crippen molar-refractivity contribution in [3.05, 3.63) is 63.6 Å². The Kier molecular flexibility index (Phi) is 3.11. The predicted octanol–water partition coefficient (Wildman–Crippen LogP) is 3.75. The summed E-state index contributed by atoms with van der Waals surface area (Å²) in [6.45, 7) is 0.828. The average Bonchev–Trinajstić information content (AvgIpc) is 3.09. The van der Waals surface area contributed by atoms with Crippen molar-refractivity contribution in [1.82, 2.24) is 0 Å². The molecule has 4 rings (SSSR count). The molecule has 2 aromatic rings. The molecule has 0 radical (unpaired) electrons. The highest BCUT2D eigenvalue weighted by atomic mass is 79.9. The van der Waals surface area contributed by atoms with Crippen LogP contribution in [0.2, 0.25) is 0 Å². The zero-order chi connectivity index (χ0) is 14.4. The number of amides is 1. The van der Waals surface area contributed by atoms with E-state index in [1.54, 1.807) is 0 Å². The van der Waals surface area contributed by atoms with Crippen LogP contribution in [-0.2, 0) is 24.1 Å². The van der Waals surface area contributed by atoms with Crippen LogP contribution >= 0.6 is 15.9 Å². The van der Waals surface area contributed by atoms with Gasteiger partial charge >= 0.3 is 0 Å². The summed E-state index contributed by atoms with van der Waals surface area (Å²) in [4.78, 5) is 14.9. The minimum absolute atomic E-state index is 0.0976. The molecule has 2 aliphatic rings. The van der Waals surface area contributed by atoms with E-state index in [1.807, 2.05) is 11.0 Å². The third-order valence-corrected chi connectivity index (χ3v) is 5.10. The van der Waals surface area contributed by atoms with Crippen molar-refractivity contribution in [2.45, 2.75) is 19.3 Å². The normalized spacial score (nSPS) is 19.5. The summed E-state index contributed by atoms with van der Waals surface area (Å²) < 4.78 is 1.10. The number of carbonyl (C=O) groups excluding carboxylic acids is 1. The molecule has 0 saturated heterocycles. The summed E-state index contributed by atoms with van der Waals surface area (Å²) >= 11 is 3.51. The van der Waals surface area contributed by atoms with Gasteiger partial charge in [0.15, 0.2) is 0 Å². The van der Waals surface area contributed by atoms with Gasteiger partial charge in [-0.2, -0.15) is 0 Å². The molecule has 0 fully saturated rings. The van der Waals surface area contributed by atoms with Crippen LogP contribution in [-0.4, -0.2) is 12.5 Å². The highest BCUT2D eigenvalue weighted by Gasteiger charge is 2.33. The molecule has 106 valence electrons. The fraction of sp³-hybridized carbons (Fsp3) is 0.278. The van der Waals surface area contributed by atoms with E-state index in [1.165, 1.54) is 16.7 Å². The van der Waals surface area contributed by atoms with E-state index in [2.05, 4.69) is 52.3 Å². The summed E-state index contributed by atoms with van der Waals surface area (Å²) in [5.41, 5.74) is 5.04. The fourth-order valence-corrected chi connectivity index (χ4v) is 3.96. The Hall–Kier alpha value is -1.61. The lowest BCUT2D eigenvalue weighted by Gasteiger charge is -2.21. The second kappa shape index (κ2) is 4.99. The van der Waals surface area contributed by atoms with Crippen molar-refractivity contribution in [3.63, 3.8) is 0 Å². The van der Waals surface area contributed by atoms with E-state index in [-0.39, 0.29) is 11.8 Å². The van der Waals surface area contributed by atoms with Gasteiger partial charge in [0.2, 0.25) is 5.91 Å². The number of fused-ring (bicyclic) bond motifs is 2. The van der Waals surface area contributed by atoms with Crippen LogP contribution in [0.25, 0.3) is 0 Å². The lowest BCUT2D eigenvalue weighted by Crippen LogP contribution is -2.35. The zero-order valence-corrected chi connectivity index (χ0v) is 13.3. The van der Waals surface area contributed by atoms with E-state index >= 15 is 0 Å². The molecule has 21 heavy (non-hydrogen) atoms. The molecule has 1 amide bonds. The molecule has 1 heterocycles. The Balaban J connectivity index is 1.58. The Labute approximate surface area is 132 Å². The van der Waals surface area contributed by atoms with Gasteiger partial charge in [-0.1, -0.05) is 40.2 Å². The number of rotatable bonds is 1. The fourth-order valence-electron chi connectivity index (χ4n) is 3.55. The maximum atomic E-state index is 12.9. The number of halogens is 1. The lowest BCUT2D eigenvalue weighted by atomic mass is 10.0. The van der Waals surface area contributed by atoms with Crippen molar-refractivity contribution in [2.24, 2.45) is 5.92 Å². The van der Waals surface area contributed by atoms with E-state index in [0.717, 1.165) is 36.0 Å². The molecule has 2 nitrogen and oxygen atoms in total. The minimum Gasteiger partial charge on any atom is -0.312 e. The van der Waals surface area contributed by atoms with Gasteiger partial charge in [-0.05, 0) is 54.2 Å². The molecule has 1 unspecified atom stereocenters. The van der Waals surface area contributed by atoms with Crippen LogP contribution in [0, 0.1) is 5.92 Å². The Bertz CT molecular complexity index is 725. The molecule has 0 saturated carbocycles. The van der Waals surface area contributed by atoms with Gasteiger partial charge in [0.05, 0.1) is 0 Å². The largest absolute Gasteiger partial charge is 0.312 e. The molecular weight excluding hydrogens is 326 g/mol. The molecule has 2 aromatic carbocycles. The first kappa shape index (κ1) is 13.1. The van der Waals surface area contributed by atoms with E-state index in [9.17, 15) is 4.79 Å². The van der Waals surface area contributed by atoms with Crippen LogP contribution in [0.3, 0.4) is 0 Å². The quantitative estimate of drug-likeness (QED) is 0.773. The number of nitrogens with zero attached hydrogens (tertiary/aromatic N) is 1. The Morgan fingerprint density at radius 2 is 1.86 bits per heavy atom. The monoisotopic (exact) mass is 341 g/mol. The standard InChI is InChI=1S/C18H16BrNO/c19-16-6-5-13-9-15(10-14(13)11-16)18(21)20-8-7-12-3-1-2-4-17(12)20/h1-6,11,15H,7-10H2. The highest BCUT2D eigenvalue weighted by Crippen LogP contribution is 2.34. The number of para-hydroxylation sites is 1.